The predicted molar refractivity (Wildman–Crippen MR) is 94.5 cm³/mol. The Bertz CT molecular complexity index is 882. The fraction of sp³-hybridized carbons (Fsp3) is 0. The Kier molecular flexibility index (Phi) is 3.92. The van der Waals surface area contributed by atoms with Crippen molar-refractivity contribution < 1.29 is 0 Å². The highest BCUT2D eigenvalue weighted by atomic mass is 14.7. The number of nitrogen functional groups attached to an aromatic ring is 2. The number of rotatable bonds is 2. The van der Waals surface area contributed by atoms with Gasteiger partial charge < -0.3 is 11.5 Å². The molecule has 0 saturated carbocycles. The molecule has 0 amide bonds. The van der Waals surface area contributed by atoms with Crippen molar-refractivity contribution in [2.24, 2.45) is 0 Å². The molecular formula is C20H18N2. The monoisotopic (exact) mass is 286 g/mol. The SMILES string of the molecule is Nc1ccc(=Cc2ccccc2)c(=Cc2ccccc2)c1N. The van der Waals surface area contributed by atoms with Gasteiger partial charge in [0.15, 0.2) is 0 Å². The van der Waals surface area contributed by atoms with Crippen LogP contribution in [0.2, 0.25) is 0 Å². The minimum Gasteiger partial charge on any atom is -0.397 e. The van der Waals surface area contributed by atoms with Crippen LogP contribution in [-0.4, -0.2) is 0 Å². The molecule has 3 aromatic rings. The predicted octanol–water partition coefficient (Wildman–Crippen LogP) is 2.51. The average molecular weight is 286 g/mol. The summed E-state index contributed by atoms with van der Waals surface area (Å²) in [6.45, 7) is 0. The standard InChI is InChI=1S/C20H18N2/c21-19-12-11-17(13-15-7-3-1-4-8-15)18(20(19)22)14-16-9-5-2-6-10-16/h1-14H,21-22H2. The summed E-state index contributed by atoms with van der Waals surface area (Å²) in [4.78, 5) is 0. The first-order valence-electron chi connectivity index (χ1n) is 7.21. The quantitative estimate of drug-likeness (QED) is 0.711. The Balaban J connectivity index is 2.27. The lowest BCUT2D eigenvalue weighted by Gasteiger charge is -2.03. The van der Waals surface area contributed by atoms with E-state index < -0.39 is 0 Å². The third kappa shape index (κ3) is 3.01. The van der Waals surface area contributed by atoms with Crippen molar-refractivity contribution >= 4 is 23.5 Å². The van der Waals surface area contributed by atoms with Crippen molar-refractivity contribution in [2.45, 2.75) is 0 Å². The van der Waals surface area contributed by atoms with Gasteiger partial charge in [0.1, 0.15) is 0 Å². The Morgan fingerprint density at radius 3 is 1.73 bits per heavy atom. The summed E-state index contributed by atoms with van der Waals surface area (Å²) in [5.41, 5.74) is 15.6. The van der Waals surface area contributed by atoms with Crippen LogP contribution in [0.1, 0.15) is 11.1 Å². The first-order valence-corrected chi connectivity index (χ1v) is 7.21. The number of anilines is 2. The molecule has 2 nitrogen and oxygen atoms in total. The first kappa shape index (κ1) is 14.0. The lowest BCUT2D eigenvalue weighted by atomic mass is 10.1. The zero-order valence-corrected chi connectivity index (χ0v) is 12.2. The van der Waals surface area contributed by atoms with Crippen LogP contribution in [0.25, 0.3) is 12.2 Å². The minimum atomic E-state index is 0.604. The third-order valence-electron chi connectivity index (χ3n) is 3.59. The maximum Gasteiger partial charge on any atom is 0.0627 e. The van der Waals surface area contributed by atoms with E-state index in [1.54, 1.807) is 0 Å². The molecule has 0 aliphatic carbocycles. The van der Waals surface area contributed by atoms with Gasteiger partial charge in [-0.25, -0.2) is 0 Å². The Morgan fingerprint density at radius 1 is 0.591 bits per heavy atom. The van der Waals surface area contributed by atoms with E-state index in [4.69, 9.17) is 11.5 Å². The van der Waals surface area contributed by atoms with Crippen LogP contribution in [0.15, 0.2) is 72.8 Å². The van der Waals surface area contributed by atoms with Crippen molar-refractivity contribution in [1.29, 1.82) is 0 Å². The zero-order chi connectivity index (χ0) is 15.4. The van der Waals surface area contributed by atoms with E-state index in [2.05, 4.69) is 36.4 Å². The van der Waals surface area contributed by atoms with Crippen molar-refractivity contribution in [3.05, 3.63) is 94.4 Å². The van der Waals surface area contributed by atoms with Gasteiger partial charge in [-0.15, -0.1) is 0 Å². The fourth-order valence-corrected chi connectivity index (χ4v) is 2.40. The maximum absolute atomic E-state index is 6.21. The largest absolute Gasteiger partial charge is 0.397 e. The molecule has 3 aromatic carbocycles. The lowest BCUT2D eigenvalue weighted by Crippen LogP contribution is -2.29. The molecule has 3 rings (SSSR count). The molecule has 0 atom stereocenters. The van der Waals surface area contributed by atoms with Gasteiger partial charge in [-0.3, -0.25) is 0 Å². The van der Waals surface area contributed by atoms with E-state index >= 15 is 0 Å². The molecule has 0 aromatic heterocycles. The highest BCUT2D eigenvalue weighted by molar-refractivity contribution is 5.69. The Labute approximate surface area is 130 Å². The van der Waals surface area contributed by atoms with Gasteiger partial charge in [0.25, 0.3) is 0 Å². The molecule has 22 heavy (non-hydrogen) atoms. The molecule has 0 aliphatic heterocycles. The van der Waals surface area contributed by atoms with E-state index in [-0.39, 0.29) is 0 Å². The van der Waals surface area contributed by atoms with Crippen LogP contribution in [0, 0.1) is 0 Å². The van der Waals surface area contributed by atoms with Crippen molar-refractivity contribution in [2.75, 3.05) is 11.5 Å². The number of hydrogen-bond acceptors (Lipinski definition) is 2. The Morgan fingerprint density at radius 2 is 1.14 bits per heavy atom. The number of hydrogen-bond donors (Lipinski definition) is 2. The first-order chi connectivity index (χ1) is 10.7. The fourth-order valence-electron chi connectivity index (χ4n) is 2.40. The second kappa shape index (κ2) is 6.19. The van der Waals surface area contributed by atoms with Crippen molar-refractivity contribution in [1.82, 2.24) is 0 Å². The van der Waals surface area contributed by atoms with E-state index in [1.807, 2.05) is 48.5 Å². The van der Waals surface area contributed by atoms with E-state index in [1.165, 1.54) is 0 Å². The molecule has 0 radical (unpaired) electrons. The van der Waals surface area contributed by atoms with E-state index in [0.29, 0.717) is 11.4 Å². The molecule has 4 N–H and O–H groups in total. The number of benzene rings is 3. The van der Waals surface area contributed by atoms with Crippen LogP contribution in [0.4, 0.5) is 11.4 Å². The molecule has 0 aliphatic rings. The van der Waals surface area contributed by atoms with Crippen LogP contribution < -0.4 is 21.9 Å². The molecule has 0 fully saturated rings. The molecule has 0 bridgehead atoms. The van der Waals surface area contributed by atoms with Gasteiger partial charge >= 0.3 is 0 Å². The molecule has 0 spiro atoms. The van der Waals surface area contributed by atoms with Gasteiger partial charge in [-0.05, 0) is 34.6 Å². The van der Waals surface area contributed by atoms with Gasteiger partial charge in [0, 0.05) is 5.22 Å². The highest BCUT2D eigenvalue weighted by Gasteiger charge is 1.99. The second-order valence-corrected chi connectivity index (χ2v) is 5.18. The van der Waals surface area contributed by atoms with Crippen LogP contribution in [0.3, 0.4) is 0 Å². The summed E-state index contributed by atoms with van der Waals surface area (Å²) in [7, 11) is 0. The minimum absolute atomic E-state index is 0.604. The van der Waals surface area contributed by atoms with Crippen molar-refractivity contribution in [3.63, 3.8) is 0 Å². The topological polar surface area (TPSA) is 52.0 Å². The molecule has 0 saturated heterocycles. The third-order valence-corrected chi connectivity index (χ3v) is 3.59. The smallest absolute Gasteiger partial charge is 0.0627 e. The van der Waals surface area contributed by atoms with Gasteiger partial charge in [0.05, 0.1) is 11.4 Å². The van der Waals surface area contributed by atoms with Crippen LogP contribution >= 0.6 is 0 Å². The van der Waals surface area contributed by atoms with Crippen LogP contribution in [0.5, 0.6) is 0 Å². The molecule has 0 heterocycles. The summed E-state index contributed by atoms with van der Waals surface area (Å²) in [6.07, 6.45) is 4.19. The normalized spacial score (nSPS) is 12.5. The van der Waals surface area contributed by atoms with Crippen LogP contribution in [-0.2, 0) is 0 Å². The number of nitrogens with two attached hydrogens (primary N) is 2. The van der Waals surface area contributed by atoms with Gasteiger partial charge in [-0.2, -0.15) is 0 Å². The summed E-state index contributed by atoms with van der Waals surface area (Å²) in [5, 5.41) is 2.01. The van der Waals surface area contributed by atoms with Gasteiger partial charge in [0.2, 0.25) is 0 Å². The van der Waals surface area contributed by atoms with E-state index in [9.17, 15) is 0 Å². The highest BCUT2D eigenvalue weighted by Crippen LogP contribution is 2.07. The zero-order valence-electron chi connectivity index (χ0n) is 12.2. The maximum atomic E-state index is 6.21. The Hall–Kier alpha value is -3.00. The molecular weight excluding hydrogens is 268 g/mol. The molecule has 108 valence electrons. The van der Waals surface area contributed by atoms with Crippen molar-refractivity contribution in [3.8, 4) is 0 Å². The second-order valence-electron chi connectivity index (χ2n) is 5.18. The van der Waals surface area contributed by atoms with Gasteiger partial charge in [-0.1, -0.05) is 66.7 Å². The average Bonchev–Trinajstić information content (AvgIpc) is 2.56. The summed E-state index contributed by atoms with van der Waals surface area (Å²) < 4.78 is 0. The summed E-state index contributed by atoms with van der Waals surface area (Å²) >= 11 is 0. The molecule has 0 unspecified atom stereocenters. The lowest BCUT2D eigenvalue weighted by molar-refractivity contribution is 1.49. The molecule has 2 heteroatoms. The summed E-state index contributed by atoms with van der Waals surface area (Å²) in [6, 6.07) is 24.2. The van der Waals surface area contributed by atoms with E-state index in [0.717, 1.165) is 21.6 Å². The summed E-state index contributed by atoms with van der Waals surface area (Å²) in [5.74, 6) is 0.